The number of hydrogen-bond donors (Lipinski definition) is 1. The van der Waals surface area contributed by atoms with Crippen LogP contribution in [0.4, 0.5) is 0 Å². The van der Waals surface area contributed by atoms with Crippen LogP contribution in [-0.2, 0) is 0 Å². The van der Waals surface area contributed by atoms with Gasteiger partial charge >= 0.3 is 0 Å². The molecule has 0 saturated heterocycles. The molecular formula is C11H19N3. The molecule has 0 saturated carbocycles. The highest BCUT2D eigenvalue weighted by molar-refractivity contribution is 5.17. The average molecular weight is 193 g/mol. The van der Waals surface area contributed by atoms with Crippen LogP contribution < -0.4 is 5.32 Å². The molecule has 3 heteroatoms. The van der Waals surface area contributed by atoms with E-state index in [2.05, 4.69) is 29.1 Å². The van der Waals surface area contributed by atoms with Gasteiger partial charge in [0.1, 0.15) is 0 Å². The van der Waals surface area contributed by atoms with Crippen molar-refractivity contribution in [3.8, 4) is 0 Å². The van der Waals surface area contributed by atoms with E-state index < -0.39 is 0 Å². The van der Waals surface area contributed by atoms with Gasteiger partial charge in [0.25, 0.3) is 0 Å². The summed E-state index contributed by atoms with van der Waals surface area (Å²) < 4.78 is 0. The lowest BCUT2D eigenvalue weighted by atomic mass is 9.98. The highest BCUT2D eigenvalue weighted by atomic mass is 14.9. The third-order valence-electron chi connectivity index (χ3n) is 2.75. The maximum absolute atomic E-state index is 4.54. The zero-order valence-corrected chi connectivity index (χ0v) is 9.63. The van der Waals surface area contributed by atoms with Crippen LogP contribution in [0.1, 0.15) is 36.8 Å². The topological polar surface area (TPSA) is 37.8 Å². The molecule has 0 amide bonds. The molecule has 1 heterocycles. The lowest BCUT2D eigenvalue weighted by molar-refractivity contribution is 0.510. The van der Waals surface area contributed by atoms with Crippen molar-refractivity contribution in [1.29, 1.82) is 0 Å². The largest absolute Gasteiger partial charge is 0.317 e. The van der Waals surface area contributed by atoms with Gasteiger partial charge in [0, 0.05) is 18.2 Å². The molecule has 0 bridgehead atoms. The first-order chi connectivity index (χ1) is 6.56. The molecular weight excluding hydrogens is 174 g/mol. The number of aromatic nitrogens is 2. The summed E-state index contributed by atoms with van der Waals surface area (Å²) in [5, 5.41) is 3.24. The van der Waals surface area contributed by atoms with Crippen LogP contribution in [0.2, 0.25) is 0 Å². The fourth-order valence-electron chi connectivity index (χ4n) is 1.47. The van der Waals surface area contributed by atoms with Crippen molar-refractivity contribution in [3.05, 3.63) is 23.3 Å². The third kappa shape index (κ3) is 2.29. The maximum Gasteiger partial charge on any atom is 0.0662 e. The predicted octanol–water partition coefficient (Wildman–Crippen LogP) is 1.80. The Balaban J connectivity index is 2.99. The van der Waals surface area contributed by atoms with Crippen molar-refractivity contribution in [2.24, 2.45) is 0 Å². The Morgan fingerprint density at radius 1 is 1.29 bits per heavy atom. The highest BCUT2D eigenvalue weighted by Crippen LogP contribution is 2.19. The fraction of sp³-hybridized carbons (Fsp3) is 0.636. The van der Waals surface area contributed by atoms with Crippen molar-refractivity contribution in [2.75, 3.05) is 7.05 Å². The number of rotatable bonds is 3. The van der Waals surface area contributed by atoms with Crippen LogP contribution in [0, 0.1) is 13.8 Å². The Morgan fingerprint density at radius 3 is 2.50 bits per heavy atom. The van der Waals surface area contributed by atoms with E-state index in [1.807, 2.05) is 27.1 Å². The summed E-state index contributed by atoms with van der Waals surface area (Å²) in [4.78, 5) is 8.87. The molecule has 0 aromatic carbocycles. The van der Waals surface area contributed by atoms with Crippen molar-refractivity contribution in [2.45, 2.75) is 39.7 Å². The van der Waals surface area contributed by atoms with Crippen molar-refractivity contribution in [1.82, 2.24) is 15.3 Å². The summed E-state index contributed by atoms with van der Waals surface area (Å²) in [6, 6.07) is 0.421. The van der Waals surface area contributed by atoms with Crippen LogP contribution in [-0.4, -0.2) is 23.1 Å². The predicted molar refractivity (Wildman–Crippen MR) is 58.4 cm³/mol. The first-order valence-corrected chi connectivity index (χ1v) is 5.03. The van der Waals surface area contributed by atoms with Gasteiger partial charge in [-0.05, 0) is 27.8 Å². The van der Waals surface area contributed by atoms with Gasteiger partial charge in [0.2, 0.25) is 0 Å². The second-order valence-corrected chi connectivity index (χ2v) is 3.85. The van der Waals surface area contributed by atoms with Crippen molar-refractivity contribution in [3.63, 3.8) is 0 Å². The molecule has 0 aliphatic heterocycles. The van der Waals surface area contributed by atoms with Gasteiger partial charge in [-0.15, -0.1) is 0 Å². The summed E-state index contributed by atoms with van der Waals surface area (Å²) in [6.45, 7) is 8.33. The number of nitrogens with one attached hydrogen (secondary N) is 1. The van der Waals surface area contributed by atoms with Gasteiger partial charge in [0.15, 0.2) is 0 Å². The molecule has 0 fully saturated rings. The van der Waals surface area contributed by atoms with Crippen LogP contribution in [0.5, 0.6) is 0 Å². The van der Waals surface area contributed by atoms with Crippen LogP contribution in [0.25, 0.3) is 0 Å². The zero-order valence-electron chi connectivity index (χ0n) is 9.63. The monoisotopic (exact) mass is 193 g/mol. The Morgan fingerprint density at radius 2 is 1.93 bits per heavy atom. The van der Waals surface area contributed by atoms with E-state index >= 15 is 0 Å². The van der Waals surface area contributed by atoms with E-state index in [4.69, 9.17) is 0 Å². The summed E-state index contributed by atoms with van der Waals surface area (Å²) in [7, 11) is 1.97. The molecule has 78 valence electrons. The van der Waals surface area contributed by atoms with E-state index in [-0.39, 0.29) is 0 Å². The smallest absolute Gasteiger partial charge is 0.0662 e. The molecule has 0 aliphatic rings. The average Bonchev–Trinajstić information content (AvgIpc) is 2.19. The second-order valence-electron chi connectivity index (χ2n) is 3.85. The molecule has 0 spiro atoms. The van der Waals surface area contributed by atoms with Gasteiger partial charge in [-0.3, -0.25) is 9.97 Å². The quantitative estimate of drug-likeness (QED) is 0.795. The SMILES string of the molecule is CNC(C)C(C)c1nc(C)cnc1C. The molecule has 3 nitrogen and oxygen atoms in total. The normalized spacial score (nSPS) is 15.2. The van der Waals surface area contributed by atoms with Crippen molar-refractivity contribution < 1.29 is 0 Å². The summed E-state index contributed by atoms with van der Waals surface area (Å²) in [6.07, 6.45) is 1.82. The first-order valence-electron chi connectivity index (χ1n) is 5.03. The minimum atomic E-state index is 0.396. The van der Waals surface area contributed by atoms with Gasteiger partial charge in [-0.25, -0.2) is 0 Å². The zero-order chi connectivity index (χ0) is 10.7. The van der Waals surface area contributed by atoms with E-state index in [1.54, 1.807) is 0 Å². The van der Waals surface area contributed by atoms with E-state index in [1.165, 1.54) is 0 Å². The molecule has 1 aromatic heterocycles. The van der Waals surface area contributed by atoms with Crippen LogP contribution in [0.3, 0.4) is 0 Å². The molecule has 2 atom stereocenters. The standard InChI is InChI=1S/C11H19N3/c1-7-6-13-10(4)11(14-7)8(2)9(3)12-5/h6,8-9,12H,1-5H3. The van der Waals surface area contributed by atoms with Crippen molar-refractivity contribution >= 4 is 0 Å². The van der Waals surface area contributed by atoms with Gasteiger partial charge in [-0.2, -0.15) is 0 Å². The maximum atomic E-state index is 4.54. The Hall–Kier alpha value is -0.960. The molecule has 1 aromatic rings. The van der Waals surface area contributed by atoms with Crippen LogP contribution in [0.15, 0.2) is 6.20 Å². The summed E-state index contributed by atoms with van der Waals surface area (Å²) in [5.41, 5.74) is 3.12. The van der Waals surface area contributed by atoms with Crippen LogP contribution >= 0.6 is 0 Å². The van der Waals surface area contributed by atoms with E-state index in [0.29, 0.717) is 12.0 Å². The second kappa shape index (κ2) is 4.51. The summed E-state index contributed by atoms with van der Waals surface area (Å²) >= 11 is 0. The molecule has 0 radical (unpaired) electrons. The highest BCUT2D eigenvalue weighted by Gasteiger charge is 2.16. The number of hydrogen-bond acceptors (Lipinski definition) is 3. The Bertz CT molecular complexity index is 309. The minimum absolute atomic E-state index is 0.396. The fourth-order valence-corrected chi connectivity index (χ4v) is 1.47. The Labute approximate surface area is 86.0 Å². The minimum Gasteiger partial charge on any atom is -0.317 e. The number of nitrogens with zero attached hydrogens (tertiary/aromatic N) is 2. The number of likely N-dealkylation sites (N-methyl/N-ethyl adjacent to an activating group) is 1. The summed E-state index contributed by atoms with van der Waals surface area (Å²) in [5.74, 6) is 0.396. The molecule has 14 heavy (non-hydrogen) atoms. The van der Waals surface area contributed by atoms with E-state index in [9.17, 15) is 0 Å². The molecule has 1 N–H and O–H groups in total. The van der Waals surface area contributed by atoms with Gasteiger partial charge in [0.05, 0.1) is 17.1 Å². The third-order valence-corrected chi connectivity index (χ3v) is 2.75. The molecule has 2 unspecified atom stereocenters. The lowest BCUT2D eigenvalue weighted by Gasteiger charge is -2.20. The number of aryl methyl sites for hydroxylation is 2. The van der Waals surface area contributed by atoms with E-state index in [0.717, 1.165) is 17.1 Å². The molecule has 0 aliphatic carbocycles. The first kappa shape index (κ1) is 11.1. The van der Waals surface area contributed by atoms with Gasteiger partial charge in [-0.1, -0.05) is 6.92 Å². The Kier molecular flexibility index (Phi) is 3.58. The van der Waals surface area contributed by atoms with Gasteiger partial charge < -0.3 is 5.32 Å². The molecule has 1 rings (SSSR count). The lowest BCUT2D eigenvalue weighted by Crippen LogP contribution is -2.28.